The first-order chi connectivity index (χ1) is 8.78. The van der Waals surface area contributed by atoms with Crippen molar-refractivity contribution in [2.24, 2.45) is 0 Å². The first kappa shape index (κ1) is 12.6. The molecule has 1 aromatic carbocycles. The first-order valence-electron chi connectivity index (χ1n) is 5.99. The summed E-state index contributed by atoms with van der Waals surface area (Å²) >= 11 is 0. The van der Waals surface area contributed by atoms with Gasteiger partial charge in [-0.25, -0.2) is 0 Å². The molecule has 0 saturated carbocycles. The Morgan fingerprint density at radius 1 is 1.11 bits per heavy atom. The van der Waals surface area contributed by atoms with Gasteiger partial charge in [-0.2, -0.15) is 0 Å². The molecule has 2 aromatic rings. The number of methoxy groups -OCH3 is 1. The maximum atomic E-state index is 10.0. The number of rotatable bonds is 5. The fourth-order valence-corrected chi connectivity index (χ4v) is 1.87. The van der Waals surface area contributed by atoms with Gasteiger partial charge in [0.05, 0.1) is 13.2 Å². The van der Waals surface area contributed by atoms with Crippen LogP contribution in [0.15, 0.2) is 48.7 Å². The lowest BCUT2D eigenvalue weighted by Gasteiger charge is -2.10. The van der Waals surface area contributed by atoms with Crippen molar-refractivity contribution in [3.63, 3.8) is 0 Å². The molecule has 1 heterocycles. The highest BCUT2D eigenvalue weighted by atomic mass is 16.5. The zero-order valence-electron chi connectivity index (χ0n) is 10.4. The van der Waals surface area contributed by atoms with Crippen molar-refractivity contribution < 1.29 is 9.84 Å². The lowest BCUT2D eigenvalue weighted by molar-refractivity contribution is 0.174. The van der Waals surface area contributed by atoms with E-state index >= 15 is 0 Å². The fourth-order valence-electron chi connectivity index (χ4n) is 1.87. The number of aromatic nitrogens is 1. The summed E-state index contributed by atoms with van der Waals surface area (Å²) in [5.74, 6) is 0.831. The topological polar surface area (TPSA) is 42.4 Å². The monoisotopic (exact) mass is 243 g/mol. The van der Waals surface area contributed by atoms with Gasteiger partial charge in [-0.05, 0) is 36.2 Å². The van der Waals surface area contributed by atoms with E-state index in [4.69, 9.17) is 4.74 Å². The van der Waals surface area contributed by atoms with Gasteiger partial charge in [0.2, 0.25) is 0 Å². The Morgan fingerprint density at radius 3 is 2.50 bits per heavy atom. The number of hydrogen-bond acceptors (Lipinski definition) is 3. The Balaban J connectivity index is 1.92. The average molecular weight is 243 g/mol. The van der Waals surface area contributed by atoms with Crippen molar-refractivity contribution >= 4 is 0 Å². The standard InChI is InChI=1S/C15H17NO2/c1-18-15-7-5-12(6-8-15)10-14(17)11-13-4-2-3-9-16-13/h2-9,14,17H,10-11H2,1H3. The van der Waals surface area contributed by atoms with Crippen LogP contribution in [0.4, 0.5) is 0 Å². The van der Waals surface area contributed by atoms with E-state index in [0.717, 1.165) is 17.0 Å². The van der Waals surface area contributed by atoms with Crippen LogP contribution in [-0.2, 0) is 12.8 Å². The number of aliphatic hydroxyl groups is 1. The van der Waals surface area contributed by atoms with Crippen molar-refractivity contribution in [3.05, 3.63) is 59.9 Å². The van der Waals surface area contributed by atoms with Crippen LogP contribution in [0.3, 0.4) is 0 Å². The molecular weight excluding hydrogens is 226 g/mol. The van der Waals surface area contributed by atoms with Gasteiger partial charge in [0.25, 0.3) is 0 Å². The lowest BCUT2D eigenvalue weighted by Crippen LogP contribution is -2.14. The van der Waals surface area contributed by atoms with Crippen LogP contribution in [0.1, 0.15) is 11.3 Å². The largest absolute Gasteiger partial charge is 0.497 e. The molecule has 1 unspecified atom stereocenters. The van der Waals surface area contributed by atoms with E-state index in [9.17, 15) is 5.11 Å². The summed E-state index contributed by atoms with van der Waals surface area (Å²) < 4.78 is 5.10. The van der Waals surface area contributed by atoms with Gasteiger partial charge in [0.1, 0.15) is 5.75 Å². The summed E-state index contributed by atoms with van der Waals surface area (Å²) in [7, 11) is 1.64. The normalized spacial score (nSPS) is 12.1. The number of benzene rings is 1. The molecule has 1 N–H and O–H groups in total. The molecule has 0 fully saturated rings. The van der Waals surface area contributed by atoms with Gasteiger partial charge >= 0.3 is 0 Å². The predicted molar refractivity (Wildman–Crippen MR) is 70.6 cm³/mol. The Morgan fingerprint density at radius 2 is 1.89 bits per heavy atom. The molecule has 0 aliphatic heterocycles. The highest BCUT2D eigenvalue weighted by Crippen LogP contribution is 2.13. The molecule has 0 radical (unpaired) electrons. The first-order valence-corrected chi connectivity index (χ1v) is 5.99. The number of hydrogen-bond donors (Lipinski definition) is 1. The van der Waals surface area contributed by atoms with Crippen molar-refractivity contribution in [2.75, 3.05) is 7.11 Å². The zero-order valence-corrected chi connectivity index (χ0v) is 10.4. The SMILES string of the molecule is COc1ccc(CC(O)Cc2ccccn2)cc1. The molecular formula is C15H17NO2. The van der Waals surface area contributed by atoms with Crippen LogP contribution in [0.5, 0.6) is 5.75 Å². The molecule has 3 heteroatoms. The summed E-state index contributed by atoms with van der Waals surface area (Å²) in [6, 6.07) is 13.5. The average Bonchev–Trinajstić information content (AvgIpc) is 2.40. The summed E-state index contributed by atoms with van der Waals surface area (Å²) in [6.45, 7) is 0. The van der Waals surface area contributed by atoms with E-state index in [-0.39, 0.29) is 0 Å². The van der Waals surface area contributed by atoms with E-state index in [1.807, 2.05) is 42.5 Å². The molecule has 0 saturated heterocycles. The molecule has 0 bridgehead atoms. The van der Waals surface area contributed by atoms with E-state index in [0.29, 0.717) is 12.8 Å². The van der Waals surface area contributed by atoms with E-state index < -0.39 is 6.10 Å². The van der Waals surface area contributed by atoms with Crippen LogP contribution >= 0.6 is 0 Å². The van der Waals surface area contributed by atoms with E-state index in [2.05, 4.69) is 4.98 Å². The minimum atomic E-state index is -0.409. The molecule has 3 nitrogen and oxygen atoms in total. The molecule has 94 valence electrons. The smallest absolute Gasteiger partial charge is 0.118 e. The lowest BCUT2D eigenvalue weighted by atomic mass is 10.0. The summed E-state index contributed by atoms with van der Waals surface area (Å²) in [5.41, 5.74) is 2.01. The summed E-state index contributed by atoms with van der Waals surface area (Å²) in [6.07, 6.45) is 2.54. The molecule has 0 spiro atoms. The Kier molecular flexibility index (Phi) is 4.31. The van der Waals surface area contributed by atoms with Gasteiger partial charge in [-0.15, -0.1) is 0 Å². The quantitative estimate of drug-likeness (QED) is 0.875. The minimum Gasteiger partial charge on any atom is -0.497 e. The van der Waals surface area contributed by atoms with Crippen LogP contribution in [0.2, 0.25) is 0 Å². The molecule has 2 rings (SSSR count). The van der Waals surface area contributed by atoms with Gasteiger partial charge < -0.3 is 9.84 Å². The van der Waals surface area contributed by atoms with Crippen molar-refractivity contribution in [2.45, 2.75) is 18.9 Å². The van der Waals surface area contributed by atoms with Gasteiger partial charge in [0.15, 0.2) is 0 Å². The number of nitrogens with zero attached hydrogens (tertiary/aromatic N) is 1. The Hall–Kier alpha value is -1.87. The van der Waals surface area contributed by atoms with Gasteiger partial charge in [-0.3, -0.25) is 4.98 Å². The second kappa shape index (κ2) is 6.17. The van der Waals surface area contributed by atoms with E-state index in [1.165, 1.54) is 0 Å². The summed E-state index contributed by atoms with van der Waals surface area (Å²) in [4.78, 5) is 4.21. The highest BCUT2D eigenvalue weighted by Gasteiger charge is 2.07. The highest BCUT2D eigenvalue weighted by molar-refractivity contribution is 5.27. The number of pyridine rings is 1. The molecule has 0 aliphatic rings. The van der Waals surface area contributed by atoms with Crippen LogP contribution < -0.4 is 4.74 Å². The number of aliphatic hydroxyl groups excluding tert-OH is 1. The molecule has 1 aromatic heterocycles. The van der Waals surface area contributed by atoms with Crippen molar-refractivity contribution in [1.82, 2.24) is 4.98 Å². The number of ether oxygens (including phenoxy) is 1. The molecule has 18 heavy (non-hydrogen) atoms. The molecule has 0 amide bonds. The Bertz CT molecular complexity index is 468. The maximum absolute atomic E-state index is 10.0. The molecule has 1 atom stereocenters. The Labute approximate surface area is 107 Å². The third kappa shape index (κ3) is 3.57. The van der Waals surface area contributed by atoms with Crippen molar-refractivity contribution in [3.8, 4) is 5.75 Å². The van der Waals surface area contributed by atoms with Crippen LogP contribution in [0, 0.1) is 0 Å². The van der Waals surface area contributed by atoms with Crippen molar-refractivity contribution in [1.29, 1.82) is 0 Å². The molecule has 0 aliphatic carbocycles. The van der Waals surface area contributed by atoms with Crippen LogP contribution in [-0.4, -0.2) is 23.3 Å². The fraction of sp³-hybridized carbons (Fsp3) is 0.267. The zero-order chi connectivity index (χ0) is 12.8. The van der Waals surface area contributed by atoms with Gasteiger partial charge in [0, 0.05) is 18.3 Å². The van der Waals surface area contributed by atoms with E-state index in [1.54, 1.807) is 13.3 Å². The summed E-state index contributed by atoms with van der Waals surface area (Å²) in [5, 5.41) is 10.0. The maximum Gasteiger partial charge on any atom is 0.118 e. The second-order valence-electron chi connectivity index (χ2n) is 4.23. The third-order valence-corrected chi connectivity index (χ3v) is 2.80. The second-order valence-corrected chi connectivity index (χ2v) is 4.23. The van der Waals surface area contributed by atoms with Gasteiger partial charge in [-0.1, -0.05) is 18.2 Å². The minimum absolute atomic E-state index is 0.409. The third-order valence-electron chi connectivity index (χ3n) is 2.80. The van der Waals surface area contributed by atoms with Crippen LogP contribution in [0.25, 0.3) is 0 Å². The predicted octanol–water partition coefficient (Wildman–Crippen LogP) is 2.24.